The highest BCUT2D eigenvalue weighted by atomic mass is 35.5. The van der Waals surface area contributed by atoms with Gasteiger partial charge in [-0.05, 0) is 30.7 Å². The van der Waals surface area contributed by atoms with E-state index in [2.05, 4.69) is 5.32 Å². The first kappa shape index (κ1) is 16.8. The standard InChI is InChI=1S/C17H17ClN2O3/c1-11(23-14-9-5-8-13(18)10-14)17(22)20-15(16(19)21)12-6-3-2-4-7-12/h2-11,15H,1H3,(H2,19,21)(H,20,22). The lowest BCUT2D eigenvalue weighted by atomic mass is 10.1. The molecule has 0 saturated heterocycles. The molecule has 23 heavy (non-hydrogen) atoms. The minimum Gasteiger partial charge on any atom is -0.481 e. The Bertz CT molecular complexity index is 691. The summed E-state index contributed by atoms with van der Waals surface area (Å²) in [5.41, 5.74) is 5.99. The van der Waals surface area contributed by atoms with E-state index in [1.807, 2.05) is 6.07 Å². The van der Waals surface area contributed by atoms with Crippen LogP contribution in [-0.2, 0) is 9.59 Å². The molecule has 0 bridgehead atoms. The molecule has 0 heterocycles. The van der Waals surface area contributed by atoms with Gasteiger partial charge in [0.15, 0.2) is 6.10 Å². The van der Waals surface area contributed by atoms with Gasteiger partial charge < -0.3 is 15.8 Å². The molecule has 6 heteroatoms. The Morgan fingerprint density at radius 1 is 1.13 bits per heavy atom. The molecule has 0 radical (unpaired) electrons. The normalized spacial score (nSPS) is 13.0. The molecular formula is C17H17ClN2O3. The molecule has 2 aromatic carbocycles. The van der Waals surface area contributed by atoms with E-state index in [-0.39, 0.29) is 0 Å². The molecule has 2 rings (SSSR count). The van der Waals surface area contributed by atoms with Crippen molar-refractivity contribution in [3.8, 4) is 5.75 Å². The zero-order chi connectivity index (χ0) is 16.8. The van der Waals surface area contributed by atoms with Gasteiger partial charge in [0, 0.05) is 5.02 Å². The fourth-order valence-corrected chi connectivity index (χ4v) is 2.20. The smallest absolute Gasteiger partial charge is 0.261 e. The minimum atomic E-state index is -0.908. The van der Waals surface area contributed by atoms with E-state index in [1.54, 1.807) is 55.5 Å². The van der Waals surface area contributed by atoms with Crippen molar-refractivity contribution in [3.05, 3.63) is 65.2 Å². The van der Waals surface area contributed by atoms with E-state index in [9.17, 15) is 9.59 Å². The molecule has 2 atom stereocenters. The number of amides is 2. The Kier molecular flexibility index (Phi) is 5.60. The molecule has 2 unspecified atom stereocenters. The van der Waals surface area contributed by atoms with Crippen LogP contribution in [0.1, 0.15) is 18.5 Å². The summed E-state index contributed by atoms with van der Waals surface area (Å²) in [5.74, 6) is -0.618. The van der Waals surface area contributed by atoms with Crippen LogP contribution in [0, 0.1) is 0 Å². The summed E-state index contributed by atoms with van der Waals surface area (Å²) >= 11 is 5.87. The number of carbonyl (C=O) groups excluding carboxylic acids is 2. The largest absolute Gasteiger partial charge is 0.481 e. The van der Waals surface area contributed by atoms with Gasteiger partial charge in [-0.15, -0.1) is 0 Å². The number of hydrogen-bond donors (Lipinski definition) is 2. The third-order valence-corrected chi connectivity index (χ3v) is 3.42. The highest BCUT2D eigenvalue weighted by Gasteiger charge is 2.24. The van der Waals surface area contributed by atoms with Crippen LogP contribution in [-0.4, -0.2) is 17.9 Å². The highest BCUT2D eigenvalue weighted by Crippen LogP contribution is 2.19. The van der Waals surface area contributed by atoms with Gasteiger partial charge in [-0.25, -0.2) is 0 Å². The first-order valence-electron chi connectivity index (χ1n) is 7.04. The number of nitrogens with two attached hydrogens (primary N) is 1. The number of halogens is 1. The Balaban J connectivity index is 2.05. The monoisotopic (exact) mass is 332 g/mol. The lowest BCUT2D eigenvalue weighted by Crippen LogP contribution is -2.43. The van der Waals surface area contributed by atoms with Gasteiger partial charge >= 0.3 is 0 Å². The van der Waals surface area contributed by atoms with E-state index in [0.717, 1.165) is 0 Å². The number of carbonyl (C=O) groups is 2. The molecule has 0 aromatic heterocycles. The van der Waals surface area contributed by atoms with Crippen LogP contribution < -0.4 is 15.8 Å². The van der Waals surface area contributed by atoms with Gasteiger partial charge in [-0.1, -0.05) is 48.0 Å². The van der Waals surface area contributed by atoms with Crippen molar-refractivity contribution >= 4 is 23.4 Å². The van der Waals surface area contributed by atoms with Crippen molar-refractivity contribution in [3.63, 3.8) is 0 Å². The van der Waals surface area contributed by atoms with E-state index >= 15 is 0 Å². The molecule has 2 aromatic rings. The zero-order valence-electron chi connectivity index (χ0n) is 12.5. The number of hydrogen-bond acceptors (Lipinski definition) is 3. The van der Waals surface area contributed by atoms with Gasteiger partial charge in [0.2, 0.25) is 5.91 Å². The van der Waals surface area contributed by atoms with E-state index in [1.165, 1.54) is 0 Å². The Hall–Kier alpha value is -2.53. The first-order chi connectivity index (χ1) is 11.0. The number of nitrogens with one attached hydrogen (secondary N) is 1. The predicted octanol–water partition coefficient (Wildman–Crippen LogP) is 2.45. The van der Waals surface area contributed by atoms with Gasteiger partial charge in [-0.3, -0.25) is 9.59 Å². The molecule has 0 fully saturated rings. The van der Waals surface area contributed by atoms with Crippen LogP contribution >= 0.6 is 11.6 Å². The summed E-state index contributed by atoms with van der Waals surface area (Å²) in [6.07, 6.45) is -0.806. The molecule has 3 N–H and O–H groups in total. The quantitative estimate of drug-likeness (QED) is 0.852. The molecule has 0 aliphatic heterocycles. The SMILES string of the molecule is CC(Oc1cccc(Cl)c1)C(=O)NC(C(N)=O)c1ccccc1. The molecule has 0 aliphatic rings. The molecule has 0 saturated carbocycles. The predicted molar refractivity (Wildman–Crippen MR) is 88.1 cm³/mol. The lowest BCUT2D eigenvalue weighted by molar-refractivity contribution is -0.131. The van der Waals surface area contributed by atoms with Crippen molar-refractivity contribution in [2.45, 2.75) is 19.1 Å². The maximum absolute atomic E-state index is 12.2. The van der Waals surface area contributed by atoms with Crippen LogP contribution in [0.2, 0.25) is 5.02 Å². The number of rotatable bonds is 6. The Labute approximate surface area is 139 Å². The van der Waals surface area contributed by atoms with Crippen LogP contribution in [0.4, 0.5) is 0 Å². The topological polar surface area (TPSA) is 81.4 Å². The van der Waals surface area contributed by atoms with E-state index in [4.69, 9.17) is 22.1 Å². The third-order valence-electron chi connectivity index (χ3n) is 3.18. The number of ether oxygens (including phenoxy) is 1. The second kappa shape index (κ2) is 7.65. The average molecular weight is 333 g/mol. The maximum Gasteiger partial charge on any atom is 0.261 e. The summed E-state index contributed by atoms with van der Waals surface area (Å²) in [4.78, 5) is 23.9. The molecule has 0 spiro atoms. The van der Waals surface area contributed by atoms with Crippen molar-refractivity contribution in [2.75, 3.05) is 0 Å². The van der Waals surface area contributed by atoms with Crippen molar-refractivity contribution in [1.29, 1.82) is 0 Å². The molecule has 5 nitrogen and oxygen atoms in total. The van der Waals surface area contributed by atoms with Gasteiger partial charge in [-0.2, -0.15) is 0 Å². The second-order valence-corrected chi connectivity index (χ2v) is 5.41. The van der Waals surface area contributed by atoms with E-state index < -0.39 is 24.0 Å². The first-order valence-corrected chi connectivity index (χ1v) is 7.42. The third kappa shape index (κ3) is 4.72. The summed E-state index contributed by atoms with van der Waals surface area (Å²) in [7, 11) is 0. The van der Waals surface area contributed by atoms with Gasteiger partial charge in [0.25, 0.3) is 5.91 Å². The minimum absolute atomic E-state index is 0.447. The summed E-state index contributed by atoms with van der Waals surface area (Å²) < 4.78 is 5.52. The van der Waals surface area contributed by atoms with Crippen LogP contribution in [0.15, 0.2) is 54.6 Å². The summed E-state index contributed by atoms with van der Waals surface area (Å²) in [6, 6.07) is 14.6. The van der Waals surface area contributed by atoms with Gasteiger partial charge in [0.05, 0.1) is 0 Å². The Morgan fingerprint density at radius 2 is 1.83 bits per heavy atom. The fraction of sp³-hybridized carbons (Fsp3) is 0.176. The van der Waals surface area contributed by atoms with Crippen LogP contribution in [0.3, 0.4) is 0 Å². The summed E-state index contributed by atoms with van der Waals surface area (Å²) in [6.45, 7) is 1.58. The lowest BCUT2D eigenvalue weighted by Gasteiger charge is -2.20. The molecule has 2 amide bonds. The number of primary amides is 1. The molecular weight excluding hydrogens is 316 g/mol. The molecule has 0 aliphatic carbocycles. The Morgan fingerprint density at radius 3 is 2.43 bits per heavy atom. The summed E-state index contributed by atoms with van der Waals surface area (Å²) in [5, 5.41) is 3.10. The van der Waals surface area contributed by atoms with Crippen LogP contribution in [0.5, 0.6) is 5.75 Å². The van der Waals surface area contributed by atoms with Crippen molar-refractivity contribution < 1.29 is 14.3 Å². The number of benzene rings is 2. The van der Waals surface area contributed by atoms with Gasteiger partial charge in [0.1, 0.15) is 11.8 Å². The second-order valence-electron chi connectivity index (χ2n) is 4.97. The fourth-order valence-electron chi connectivity index (χ4n) is 2.02. The molecule has 120 valence electrons. The van der Waals surface area contributed by atoms with Crippen molar-refractivity contribution in [1.82, 2.24) is 5.32 Å². The van der Waals surface area contributed by atoms with Crippen molar-refractivity contribution in [2.24, 2.45) is 5.73 Å². The maximum atomic E-state index is 12.2. The van der Waals surface area contributed by atoms with E-state index in [0.29, 0.717) is 16.3 Å². The van der Waals surface area contributed by atoms with Crippen LogP contribution in [0.25, 0.3) is 0 Å². The highest BCUT2D eigenvalue weighted by molar-refractivity contribution is 6.30. The average Bonchev–Trinajstić information content (AvgIpc) is 2.52. The zero-order valence-corrected chi connectivity index (χ0v) is 13.3.